The van der Waals surface area contributed by atoms with Crippen molar-refractivity contribution < 1.29 is 9.53 Å². The number of hydrogen-bond acceptors (Lipinski definition) is 3. The summed E-state index contributed by atoms with van der Waals surface area (Å²) in [5, 5.41) is 3.32. The third-order valence-corrected chi connectivity index (χ3v) is 2.73. The summed E-state index contributed by atoms with van der Waals surface area (Å²) in [4.78, 5) is 11.6. The van der Waals surface area contributed by atoms with Crippen LogP contribution in [0.15, 0.2) is 0 Å². The lowest BCUT2D eigenvalue weighted by Crippen LogP contribution is -2.47. The van der Waals surface area contributed by atoms with Crippen LogP contribution in [0.5, 0.6) is 0 Å². The van der Waals surface area contributed by atoms with Gasteiger partial charge in [0.05, 0.1) is 6.61 Å². The van der Waals surface area contributed by atoms with Gasteiger partial charge in [-0.15, -0.1) is 0 Å². The minimum absolute atomic E-state index is 0.142. The topological polar surface area (TPSA) is 38.3 Å². The van der Waals surface area contributed by atoms with E-state index in [-0.39, 0.29) is 23.5 Å². The maximum absolute atomic E-state index is 11.6. The molecule has 0 aromatic carbocycles. The molecule has 0 aliphatic rings. The molecule has 0 amide bonds. The molecule has 0 bridgehead atoms. The zero-order valence-corrected chi connectivity index (χ0v) is 10.9. The van der Waals surface area contributed by atoms with Crippen LogP contribution < -0.4 is 5.32 Å². The maximum Gasteiger partial charge on any atom is 0.323 e. The van der Waals surface area contributed by atoms with Gasteiger partial charge in [-0.3, -0.25) is 4.79 Å². The average molecular weight is 215 g/mol. The summed E-state index contributed by atoms with van der Waals surface area (Å²) in [5.41, 5.74) is 0.153. The van der Waals surface area contributed by atoms with Crippen molar-refractivity contribution in [2.45, 2.75) is 60.0 Å². The minimum Gasteiger partial charge on any atom is -0.465 e. The number of rotatable bonds is 5. The molecule has 3 heteroatoms. The van der Waals surface area contributed by atoms with Gasteiger partial charge < -0.3 is 10.1 Å². The molecule has 3 nitrogen and oxygen atoms in total. The largest absolute Gasteiger partial charge is 0.465 e. The van der Waals surface area contributed by atoms with E-state index in [1.54, 1.807) is 0 Å². The molecule has 0 spiro atoms. The summed E-state index contributed by atoms with van der Waals surface area (Å²) in [7, 11) is 0. The summed E-state index contributed by atoms with van der Waals surface area (Å²) < 4.78 is 5.01. The van der Waals surface area contributed by atoms with Gasteiger partial charge in [-0.2, -0.15) is 0 Å². The summed E-state index contributed by atoms with van der Waals surface area (Å²) in [6.45, 7) is 12.8. The second kappa shape index (κ2) is 6.11. The summed E-state index contributed by atoms with van der Waals surface area (Å²) in [6.07, 6.45) is 0.763. The zero-order valence-electron chi connectivity index (χ0n) is 10.9. The molecule has 15 heavy (non-hydrogen) atoms. The monoisotopic (exact) mass is 215 g/mol. The quantitative estimate of drug-likeness (QED) is 0.715. The van der Waals surface area contributed by atoms with Gasteiger partial charge in [-0.1, -0.05) is 27.7 Å². The van der Waals surface area contributed by atoms with E-state index in [2.05, 4.69) is 33.0 Å². The first kappa shape index (κ1) is 14.4. The third-order valence-electron chi connectivity index (χ3n) is 2.73. The Hall–Kier alpha value is -0.570. The molecule has 0 heterocycles. The standard InChI is InChI=1S/C12H25NO2/c1-7-10(11(14)15-8-2)13-9(3)12(4,5)6/h9-10,13H,7-8H2,1-6H3. The lowest BCUT2D eigenvalue weighted by atomic mass is 9.87. The van der Waals surface area contributed by atoms with E-state index in [0.717, 1.165) is 6.42 Å². The van der Waals surface area contributed by atoms with Crippen molar-refractivity contribution in [3.8, 4) is 0 Å². The van der Waals surface area contributed by atoms with Crippen LogP contribution in [0.4, 0.5) is 0 Å². The molecule has 90 valence electrons. The summed E-state index contributed by atoms with van der Waals surface area (Å²) in [5.74, 6) is -0.142. The Bertz CT molecular complexity index is 196. The highest BCUT2D eigenvalue weighted by Crippen LogP contribution is 2.19. The lowest BCUT2D eigenvalue weighted by molar-refractivity contribution is -0.146. The molecule has 0 saturated carbocycles. The SMILES string of the molecule is CCOC(=O)C(CC)NC(C)C(C)(C)C. The second-order valence-electron chi connectivity index (χ2n) is 4.97. The Kier molecular flexibility index (Phi) is 5.88. The van der Waals surface area contributed by atoms with Gasteiger partial charge in [0, 0.05) is 6.04 Å². The molecule has 0 aromatic rings. The van der Waals surface area contributed by atoms with Crippen LogP contribution in [-0.2, 0) is 9.53 Å². The first-order valence-corrected chi connectivity index (χ1v) is 5.75. The van der Waals surface area contributed by atoms with Gasteiger partial charge in [-0.25, -0.2) is 0 Å². The summed E-state index contributed by atoms with van der Waals surface area (Å²) in [6, 6.07) is 0.103. The van der Waals surface area contributed by atoms with E-state index in [9.17, 15) is 4.79 Å². The molecule has 1 N–H and O–H groups in total. The highest BCUT2D eigenvalue weighted by atomic mass is 16.5. The molecule has 2 atom stereocenters. The molecule has 0 rings (SSSR count). The molecule has 0 radical (unpaired) electrons. The first-order valence-electron chi connectivity index (χ1n) is 5.75. The number of hydrogen-bond donors (Lipinski definition) is 1. The van der Waals surface area contributed by atoms with Crippen molar-refractivity contribution in [3.63, 3.8) is 0 Å². The Morgan fingerprint density at radius 1 is 1.33 bits per heavy atom. The molecule has 0 aromatic heterocycles. The van der Waals surface area contributed by atoms with E-state index >= 15 is 0 Å². The molecular weight excluding hydrogens is 190 g/mol. The van der Waals surface area contributed by atoms with E-state index in [1.807, 2.05) is 13.8 Å². The van der Waals surface area contributed by atoms with Gasteiger partial charge in [0.25, 0.3) is 0 Å². The van der Waals surface area contributed by atoms with E-state index < -0.39 is 0 Å². The van der Waals surface area contributed by atoms with Gasteiger partial charge >= 0.3 is 5.97 Å². The van der Waals surface area contributed by atoms with Gasteiger partial charge in [0.15, 0.2) is 0 Å². The number of esters is 1. The first-order chi connectivity index (χ1) is 6.82. The van der Waals surface area contributed by atoms with Crippen LogP contribution in [0.25, 0.3) is 0 Å². The molecule has 0 saturated heterocycles. The van der Waals surface area contributed by atoms with Crippen LogP contribution in [0.1, 0.15) is 48.0 Å². The van der Waals surface area contributed by atoms with E-state index in [1.165, 1.54) is 0 Å². The van der Waals surface area contributed by atoms with Crippen LogP contribution in [0.2, 0.25) is 0 Å². The second-order valence-corrected chi connectivity index (χ2v) is 4.97. The molecular formula is C12H25NO2. The van der Waals surface area contributed by atoms with Crippen molar-refractivity contribution in [3.05, 3.63) is 0 Å². The fourth-order valence-corrected chi connectivity index (χ4v) is 1.15. The average Bonchev–Trinajstić information content (AvgIpc) is 2.12. The summed E-state index contributed by atoms with van der Waals surface area (Å²) >= 11 is 0. The maximum atomic E-state index is 11.6. The third kappa shape index (κ3) is 5.17. The van der Waals surface area contributed by atoms with Crippen LogP contribution in [-0.4, -0.2) is 24.7 Å². The smallest absolute Gasteiger partial charge is 0.323 e. The van der Waals surface area contributed by atoms with E-state index in [0.29, 0.717) is 6.61 Å². The molecule has 2 unspecified atom stereocenters. The number of carbonyl (C=O) groups is 1. The van der Waals surface area contributed by atoms with Crippen LogP contribution in [0, 0.1) is 5.41 Å². The molecule has 0 fully saturated rings. The Balaban J connectivity index is 4.27. The fourth-order valence-electron chi connectivity index (χ4n) is 1.15. The Morgan fingerprint density at radius 3 is 2.20 bits per heavy atom. The zero-order chi connectivity index (χ0) is 12.1. The highest BCUT2D eigenvalue weighted by Gasteiger charge is 2.25. The van der Waals surface area contributed by atoms with E-state index in [4.69, 9.17) is 4.74 Å². The van der Waals surface area contributed by atoms with Gasteiger partial charge in [-0.05, 0) is 25.7 Å². The highest BCUT2D eigenvalue weighted by molar-refractivity contribution is 5.75. The molecule has 0 aliphatic carbocycles. The predicted molar refractivity (Wildman–Crippen MR) is 62.8 cm³/mol. The molecule has 0 aliphatic heterocycles. The lowest BCUT2D eigenvalue weighted by Gasteiger charge is -2.31. The minimum atomic E-state index is -0.181. The normalized spacial score (nSPS) is 15.9. The fraction of sp³-hybridized carbons (Fsp3) is 0.917. The van der Waals surface area contributed by atoms with Crippen molar-refractivity contribution >= 4 is 5.97 Å². The van der Waals surface area contributed by atoms with Crippen molar-refractivity contribution in [1.82, 2.24) is 5.32 Å². The van der Waals surface area contributed by atoms with Crippen molar-refractivity contribution in [1.29, 1.82) is 0 Å². The van der Waals surface area contributed by atoms with Crippen molar-refractivity contribution in [2.24, 2.45) is 5.41 Å². The predicted octanol–water partition coefficient (Wildman–Crippen LogP) is 2.35. The van der Waals surface area contributed by atoms with Gasteiger partial charge in [0.2, 0.25) is 0 Å². The van der Waals surface area contributed by atoms with Gasteiger partial charge in [0.1, 0.15) is 6.04 Å². The Labute approximate surface area is 93.6 Å². The van der Waals surface area contributed by atoms with Crippen molar-refractivity contribution in [2.75, 3.05) is 6.61 Å². The number of ether oxygens (including phenoxy) is 1. The van der Waals surface area contributed by atoms with Crippen LogP contribution >= 0.6 is 0 Å². The van der Waals surface area contributed by atoms with Crippen LogP contribution in [0.3, 0.4) is 0 Å². The Morgan fingerprint density at radius 2 is 1.87 bits per heavy atom. The number of nitrogens with one attached hydrogen (secondary N) is 1. The number of carbonyl (C=O) groups excluding carboxylic acids is 1.